The van der Waals surface area contributed by atoms with Crippen molar-refractivity contribution in [1.29, 1.82) is 0 Å². The number of ether oxygens (including phenoxy) is 2. The normalized spacial score (nSPS) is 17.9. The van der Waals surface area contributed by atoms with Crippen LogP contribution in [0, 0.1) is 0 Å². The zero-order chi connectivity index (χ0) is 17.1. The Morgan fingerprint density at radius 3 is 3.00 bits per heavy atom. The van der Waals surface area contributed by atoms with Crippen LogP contribution in [-0.4, -0.2) is 29.2 Å². The summed E-state index contributed by atoms with van der Waals surface area (Å²) in [6, 6.07) is 14.1. The van der Waals surface area contributed by atoms with Gasteiger partial charge in [-0.1, -0.05) is 6.07 Å². The van der Waals surface area contributed by atoms with E-state index in [1.165, 1.54) is 0 Å². The first-order chi connectivity index (χ1) is 12.3. The third kappa shape index (κ3) is 3.48. The van der Waals surface area contributed by atoms with Gasteiger partial charge in [-0.15, -0.1) is 0 Å². The van der Waals surface area contributed by atoms with Gasteiger partial charge in [-0.3, -0.25) is 4.90 Å². The van der Waals surface area contributed by atoms with Crippen LogP contribution >= 0.6 is 0 Å². The molecular formula is C20H22N2O3. The fraction of sp³-hybridized carbons (Fsp3) is 0.300. The zero-order valence-electron chi connectivity index (χ0n) is 14.3. The molecule has 5 nitrogen and oxygen atoms in total. The lowest BCUT2D eigenvalue weighted by Gasteiger charge is -2.21. The minimum atomic E-state index is -0.0403. The average Bonchev–Trinajstić information content (AvgIpc) is 3.37. The molecule has 1 fully saturated rings. The molecule has 0 saturated carbocycles. The van der Waals surface area contributed by atoms with Gasteiger partial charge in [-0.25, -0.2) is 0 Å². The Kier molecular flexibility index (Phi) is 4.59. The summed E-state index contributed by atoms with van der Waals surface area (Å²) in [5.74, 6) is 1.84. The lowest BCUT2D eigenvalue weighted by molar-refractivity contribution is 0.0258. The standard InChI is InChI=1S/C20H22N2O3/c1-2-23-18-6-3-5-17(13-18)21-9-8-16(14-21)20-22(10-12-25-20)15-19-7-4-11-24-19/h3-9,11,13-14,20H,2,10,12,15H2,1H3/t20-/m1/s1. The molecule has 0 unspecified atom stereocenters. The largest absolute Gasteiger partial charge is 0.494 e. The fourth-order valence-electron chi connectivity index (χ4n) is 3.20. The molecule has 0 spiro atoms. The van der Waals surface area contributed by atoms with Crippen LogP contribution in [0.3, 0.4) is 0 Å². The number of rotatable bonds is 6. The smallest absolute Gasteiger partial charge is 0.138 e. The highest BCUT2D eigenvalue weighted by molar-refractivity contribution is 5.40. The van der Waals surface area contributed by atoms with Gasteiger partial charge in [-0.2, -0.15) is 0 Å². The molecule has 3 heterocycles. The number of benzene rings is 1. The van der Waals surface area contributed by atoms with E-state index in [0.29, 0.717) is 6.61 Å². The van der Waals surface area contributed by atoms with Gasteiger partial charge in [0.1, 0.15) is 17.7 Å². The molecule has 1 aromatic carbocycles. The summed E-state index contributed by atoms with van der Waals surface area (Å²) < 4.78 is 19.1. The number of nitrogens with zero attached hydrogens (tertiary/aromatic N) is 2. The zero-order valence-corrected chi connectivity index (χ0v) is 14.3. The number of hydrogen-bond donors (Lipinski definition) is 0. The molecule has 4 rings (SSSR count). The Balaban J connectivity index is 1.53. The van der Waals surface area contributed by atoms with Gasteiger partial charge in [0.2, 0.25) is 0 Å². The second kappa shape index (κ2) is 7.17. The monoisotopic (exact) mass is 338 g/mol. The third-order valence-electron chi connectivity index (χ3n) is 4.35. The SMILES string of the molecule is CCOc1cccc(-n2ccc([C@H]3OCCN3Cc3ccco3)c2)c1. The van der Waals surface area contributed by atoms with Crippen molar-refractivity contribution < 1.29 is 13.9 Å². The summed E-state index contributed by atoms with van der Waals surface area (Å²) in [5.41, 5.74) is 2.22. The molecule has 1 saturated heterocycles. The summed E-state index contributed by atoms with van der Waals surface area (Å²) in [7, 11) is 0. The van der Waals surface area contributed by atoms with E-state index < -0.39 is 0 Å². The van der Waals surface area contributed by atoms with E-state index >= 15 is 0 Å². The van der Waals surface area contributed by atoms with Crippen molar-refractivity contribution in [2.75, 3.05) is 19.8 Å². The topological polar surface area (TPSA) is 39.8 Å². The van der Waals surface area contributed by atoms with Crippen LogP contribution in [0.1, 0.15) is 24.5 Å². The lowest BCUT2D eigenvalue weighted by atomic mass is 10.2. The van der Waals surface area contributed by atoms with Crippen molar-refractivity contribution in [3.05, 3.63) is 72.4 Å². The maximum absolute atomic E-state index is 5.96. The Hall–Kier alpha value is -2.50. The molecule has 0 amide bonds. The fourth-order valence-corrected chi connectivity index (χ4v) is 3.20. The molecular weight excluding hydrogens is 316 g/mol. The Morgan fingerprint density at radius 1 is 1.20 bits per heavy atom. The molecule has 5 heteroatoms. The van der Waals surface area contributed by atoms with Gasteiger partial charge in [0.25, 0.3) is 0 Å². The lowest BCUT2D eigenvalue weighted by Crippen LogP contribution is -2.22. The summed E-state index contributed by atoms with van der Waals surface area (Å²) in [6.07, 6.45) is 5.85. The van der Waals surface area contributed by atoms with E-state index in [2.05, 4.69) is 34.0 Å². The molecule has 1 aliphatic heterocycles. The molecule has 3 aromatic rings. The number of furan rings is 1. The van der Waals surface area contributed by atoms with Crippen molar-refractivity contribution in [3.8, 4) is 11.4 Å². The highest BCUT2D eigenvalue weighted by atomic mass is 16.5. The molecule has 25 heavy (non-hydrogen) atoms. The van der Waals surface area contributed by atoms with Crippen LogP contribution in [-0.2, 0) is 11.3 Å². The van der Waals surface area contributed by atoms with Crippen molar-refractivity contribution in [3.63, 3.8) is 0 Å². The average molecular weight is 338 g/mol. The van der Waals surface area contributed by atoms with Crippen LogP contribution in [0.15, 0.2) is 65.5 Å². The predicted molar refractivity (Wildman–Crippen MR) is 94.7 cm³/mol. The van der Waals surface area contributed by atoms with Gasteiger partial charge < -0.3 is 18.5 Å². The summed E-state index contributed by atoms with van der Waals surface area (Å²) in [6.45, 7) is 5.04. The van der Waals surface area contributed by atoms with Crippen LogP contribution in [0.2, 0.25) is 0 Å². The van der Waals surface area contributed by atoms with E-state index in [1.54, 1.807) is 6.26 Å². The van der Waals surface area contributed by atoms with Crippen molar-refractivity contribution >= 4 is 0 Å². The highest BCUT2D eigenvalue weighted by Gasteiger charge is 2.28. The second-order valence-corrected chi connectivity index (χ2v) is 6.06. The van der Waals surface area contributed by atoms with Crippen molar-refractivity contribution in [2.24, 2.45) is 0 Å². The molecule has 0 aliphatic carbocycles. The van der Waals surface area contributed by atoms with E-state index in [0.717, 1.165) is 42.5 Å². The summed E-state index contributed by atoms with van der Waals surface area (Å²) in [5, 5.41) is 0. The summed E-state index contributed by atoms with van der Waals surface area (Å²) in [4.78, 5) is 2.29. The van der Waals surface area contributed by atoms with Crippen LogP contribution in [0.4, 0.5) is 0 Å². The number of aromatic nitrogens is 1. The first-order valence-corrected chi connectivity index (χ1v) is 8.62. The van der Waals surface area contributed by atoms with Gasteiger partial charge >= 0.3 is 0 Å². The summed E-state index contributed by atoms with van der Waals surface area (Å²) >= 11 is 0. The molecule has 0 bridgehead atoms. The first-order valence-electron chi connectivity index (χ1n) is 8.62. The van der Waals surface area contributed by atoms with E-state index in [4.69, 9.17) is 13.9 Å². The minimum Gasteiger partial charge on any atom is -0.494 e. The number of hydrogen-bond acceptors (Lipinski definition) is 4. The third-order valence-corrected chi connectivity index (χ3v) is 4.35. The van der Waals surface area contributed by atoms with Crippen LogP contribution in [0.5, 0.6) is 5.75 Å². The van der Waals surface area contributed by atoms with Gasteiger partial charge in [0, 0.05) is 36.3 Å². The van der Waals surface area contributed by atoms with Gasteiger partial charge in [-0.05, 0) is 37.3 Å². The molecule has 130 valence electrons. The van der Waals surface area contributed by atoms with Gasteiger partial charge in [0.05, 0.1) is 26.0 Å². The molecule has 0 N–H and O–H groups in total. The van der Waals surface area contributed by atoms with Crippen molar-refractivity contribution in [1.82, 2.24) is 9.47 Å². The predicted octanol–water partition coefficient (Wildman–Crippen LogP) is 4.00. The molecule has 1 atom stereocenters. The van der Waals surface area contributed by atoms with Crippen LogP contribution < -0.4 is 4.74 Å². The van der Waals surface area contributed by atoms with E-state index in [-0.39, 0.29) is 6.23 Å². The first kappa shape index (κ1) is 16.0. The maximum atomic E-state index is 5.96. The van der Waals surface area contributed by atoms with E-state index in [1.807, 2.05) is 37.3 Å². The molecule has 2 aromatic heterocycles. The quantitative estimate of drug-likeness (QED) is 0.681. The highest BCUT2D eigenvalue weighted by Crippen LogP contribution is 2.30. The minimum absolute atomic E-state index is 0.0403. The Labute approximate surface area is 147 Å². The van der Waals surface area contributed by atoms with Gasteiger partial charge in [0.15, 0.2) is 0 Å². The Morgan fingerprint density at radius 2 is 2.16 bits per heavy atom. The Bertz CT molecular complexity index is 810. The van der Waals surface area contributed by atoms with E-state index in [9.17, 15) is 0 Å². The molecule has 0 radical (unpaired) electrons. The van der Waals surface area contributed by atoms with Crippen molar-refractivity contribution in [2.45, 2.75) is 19.7 Å². The molecule has 1 aliphatic rings. The van der Waals surface area contributed by atoms with Crippen LogP contribution in [0.25, 0.3) is 5.69 Å². The second-order valence-electron chi connectivity index (χ2n) is 6.06. The maximum Gasteiger partial charge on any atom is 0.138 e.